The highest BCUT2D eigenvalue weighted by Gasteiger charge is 2.29. The number of rotatable bonds is 2. The second-order valence-electron chi connectivity index (χ2n) is 7.77. The van der Waals surface area contributed by atoms with Crippen molar-refractivity contribution in [3.8, 4) is 17.1 Å². The fourth-order valence-electron chi connectivity index (χ4n) is 4.28. The lowest BCUT2D eigenvalue weighted by Gasteiger charge is -2.27. The topological polar surface area (TPSA) is 60.2 Å². The summed E-state index contributed by atoms with van der Waals surface area (Å²) in [6, 6.07) is 3.76. The minimum atomic E-state index is -1.50. The van der Waals surface area contributed by atoms with E-state index in [1.54, 1.807) is 11.9 Å². The number of fused-ring (bicyclic) bond motifs is 2. The molecule has 160 valence electrons. The first-order valence-electron chi connectivity index (χ1n) is 10.0. The second kappa shape index (κ2) is 7.40. The number of pyridine rings is 1. The molecule has 0 saturated carbocycles. The van der Waals surface area contributed by atoms with E-state index in [4.69, 9.17) is 4.74 Å². The van der Waals surface area contributed by atoms with E-state index in [1.165, 1.54) is 10.9 Å². The van der Waals surface area contributed by atoms with Crippen molar-refractivity contribution in [2.75, 3.05) is 13.2 Å². The monoisotopic (exact) mass is 428 g/mol. The fourth-order valence-corrected chi connectivity index (χ4v) is 4.28. The smallest absolute Gasteiger partial charge is 0.255 e. The van der Waals surface area contributed by atoms with E-state index in [2.05, 4.69) is 10.1 Å². The molecule has 0 bridgehead atoms. The molecule has 31 heavy (non-hydrogen) atoms. The standard InChI is InChI=1S/C22H19F3N4O2/c1-28-20(13-8-16(23)19(25)17(24)9-13)15-4-5-29(11-18(15)27-28)22(30)14-7-12-3-2-6-31-21(12)26-10-14/h7-10H,2-6,11H2,1H3. The maximum absolute atomic E-state index is 13.8. The number of halogens is 3. The largest absolute Gasteiger partial charge is 0.477 e. The van der Waals surface area contributed by atoms with Gasteiger partial charge in [0.1, 0.15) is 0 Å². The number of carbonyl (C=O) groups excluding carboxylic acids is 1. The van der Waals surface area contributed by atoms with Crippen LogP contribution in [-0.4, -0.2) is 38.7 Å². The number of aryl methyl sites for hydroxylation is 2. The average molecular weight is 428 g/mol. The van der Waals surface area contributed by atoms with Gasteiger partial charge >= 0.3 is 0 Å². The first kappa shape index (κ1) is 19.6. The maximum Gasteiger partial charge on any atom is 0.255 e. The van der Waals surface area contributed by atoms with Gasteiger partial charge in [0.15, 0.2) is 17.5 Å². The summed E-state index contributed by atoms with van der Waals surface area (Å²) in [4.78, 5) is 19.0. The van der Waals surface area contributed by atoms with Gasteiger partial charge in [0, 0.05) is 36.5 Å². The minimum Gasteiger partial charge on any atom is -0.477 e. The molecule has 1 amide bonds. The summed E-state index contributed by atoms with van der Waals surface area (Å²) in [5.41, 5.74) is 3.60. The van der Waals surface area contributed by atoms with Crippen molar-refractivity contribution < 1.29 is 22.7 Å². The highest BCUT2D eigenvalue weighted by Crippen LogP contribution is 2.32. The van der Waals surface area contributed by atoms with Crippen LogP contribution in [-0.2, 0) is 26.4 Å². The van der Waals surface area contributed by atoms with Crippen LogP contribution in [0.1, 0.15) is 33.6 Å². The molecule has 3 aromatic rings. The van der Waals surface area contributed by atoms with E-state index in [-0.39, 0.29) is 18.0 Å². The molecule has 2 aliphatic heterocycles. The quantitative estimate of drug-likeness (QED) is 0.587. The predicted molar refractivity (Wildman–Crippen MR) is 105 cm³/mol. The third-order valence-corrected chi connectivity index (χ3v) is 5.75. The van der Waals surface area contributed by atoms with E-state index in [0.717, 1.165) is 36.1 Å². The number of hydrogen-bond donors (Lipinski definition) is 0. The molecular weight excluding hydrogens is 409 g/mol. The summed E-state index contributed by atoms with van der Waals surface area (Å²) >= 11 is 0. The molecule has 9 heteroatoms. The zero-order chi connectivity index (χ0) is 21.7. The van der Waals surface area contributed by atoms with Crippen LogP contribution < -0.4 is 4.74 Å². The Labute approximate surface area is 176 Å². The van der Waals surface area contributed by atoms with Gasteiger partial charge in [-0.1, -0.05) is 0 Å². The lowest BCUT2D eigenvalue weighted by Crippen LogP contribution is -2.36. The van der Waals surface area contributed by atoms with Crippen molar-refractivity contribution in [2.45, 2.75) is 25.8 Å². The fraction of sp³-hybridized carbons (Fsp3) is 0.318. The van der Waals surface area contributed by atoms with Crippen molar-refractivity contribution in [2.24, 2.45) is 7.05 Å². The van der Waals surface area contributed by atoms with Gasteiger partial charge in [-0.05, 0) is 37.5 Å². The molecule has 0 atom stereocenters. The van der Waals surface area contributed by atoms with Crippen LogP contribution in [0.25, 0.3) is 11.3 Å². The molecule has 0 saturated heterocycles. The van der Waals surface area contributed by atoms with E-state index < -0.39 is 17.5 Å². The number of hydrogen-bond acceptors (Lipinski definition) is 4. The van der Waals surface area contributed by atoms with E-state index in [9.17, 15) is 18.0 Å². The van der Waals surface area contributed by atoms with Gasteiger partial charge in [-0.2, -0.15) is 5.10 Å². The molecule has 0 radical (unpaired) electrons. The lowest BCUT2D eigenvalue weighted by atomic mass is 9.99. The Bertz CT molecular complexity index is 1180. The van der Waals surface area contributed by atoms with Crippen LogP contribution in [0, 0.1) is 17.5 Å². The van der Waals surface area contributed by atoms with Gasteiger partial charge in [-0.15, -0.1) is 0 Å². The average Bonchev–Trinajstić information content (AvgIpc) is 3.11. The number of benzene rings is 1. The minimum absolute atomic E-state index is 0.155. The lowest BCUT2D eigenvalue weighted by molar-refractivity contribution is 0.0731. The van der Waals surface area contributed by atoms with Crippen molar-refractivity contribution in [3.63, 3.8) is 0 Å². The predicted octanol–water partition coefficient (Wildman–Crippen LogP) is 3.42. The highest BCUT2D eigenvalue weighted by atomic mass is 19.2. The molecular formula is C22H19F3N4O2. The Morgan fingerprint density at radius 1 is 1.13 bits per heavy atom. The Balaban J connectivity index is 1.43. The first-order chi connectivity index (χ1) is 14.9. The van der Waals surface area contributed by atoms with Crippen LogP contribution in [0.15, 0.2) is 24.4 Å². The molecule has 1 aromatic carbocycles. The zero-order valence-electron chi connectivity index (χ0n) is 16.8. The molecule has 0 fully saturated rings. The van der Waals surface area contributed by atoms with Gasteiger partial charge in [0.25, 0.3) is 5.91 Å². The summed E-state index contributed by atoms with van der Waals surface area (Å²) in [6.07, 6.45) is 3.70. The van der Waals surface area contributed by atoms with E-state index in [1.807, 2.05) is 6.07 Å². The van der Waals surface area contributed by atoms with Gasteiger partial charge in [-0.3, -0.25) is 9.48 Å². The van der Waals surface area contributed by atoms with Crippen LogP contribution in [0.4, 0.5) is 13.2 Å². The molecule has 2 aromatic heterocycles. The number of aromatic nitrogens is 3. The molecule has 0 N–H and O–H groups in total. The van der Waals surface area contributed by atoms with Crippen LogP contribution in [0.5, 0.6) is 5.88 Å². The van der Waals surface area contributed by atoms with Gasteiger partial charge in [0.2, 0.25) is 5.88 Å². The molecule has 0 unspecified atom stereocenters. The molecule has 4 heterocycles. The number of carbonyl (C=O) groups is 1. The van der Waals surface area contributed by atoms with Crippen LogP contribution >= 0.6 is 0 Å². The summed E-state index contributed by atoms with van der Waals surface area (Å²) in [7, 11) is 1.66. The molecule has 5 rings (SSSR count). The number of amides is 1. The third kappa shape index (κ3) is 3.34. The first-order valence-corrected chi connectivity index (χ1v) is 10.0. The van der Waals surface area contributed by atoms with Crippen LogP contribution in [0.3, 0.4) is 0 Å². The van der Waals surface area contributed by atoms with Crippen molar-refractivity contribution >= 4 is 5.91 Å². The van der Waals surface area contributed by atoms with Gasteiger partial charge in [-0.25, -0.2) is 18.2 Å². The van der Waals surface area contributed by atoms with Crippen molar-refractivity contribution in [1.82, 2.24) is 19.7 Å². The molecule has 0 aliphatic carbocycles. The van der Waals surface area contributed by atoms with Gasteiger partial charge in [0.05, 0.1) is 30.1 Å². The van der Waals surface area contributed by atoms with Gasteiger partial charge < -0.3 is 9.64 Å². The Kier molecular flexibility index (Phi) is 4.68. The summed E-state index contributed by atoms with van der Waals surface area (Å²) in [5.74, 6) is -3.57. The molecule has 2 aliphatic rings. The highest BCUT2D eigenvalue weighted by molar-refractivity contribution is 5.94. The normalized spacial score (nSPS) is 15.3. The van der Waals surface area contributed by atoms with Crippen molar-refractivity contribution in [3.05, 3.63) is 64.2 Å². The Hall–Kier alpha value is -3.36. The molecule has 6 nitrogen and oxygen atoms in total. The summed E-state index contributed by atoms with van der Waals surface area (Å²) in [6.45, 7) is 1.32. The zero-order valence-corrected chi connectivity index (χ0v) is 16.8. The Morgan fingerprint density at radius 2 is 1.90 bits per heavy atom. The van der Waals surface area contributed by atoms with E-state index in [0.29, 0.717) is 42.4 Å². The number of nitrogens with zero attached hydrogens (tertiary/aromatic N) is 4. The third-order valence-electron chi connectivity index (χ3n) is 5.75. The Morgan fingerprint density at radius 3 is 2.68 bits per heavy atom. The summed E-state index contributed by atoms with van der Waals surface area (Å²) in [5, 5.41) is 4.45. The van der Waals surface area contributed by atoms with Crippen LogP contribution in [0.2, 0.25) is 0 Å². The second-order valence-corrected chi connectivity index (χ2v) is 7.77. The van der Waals surface area contributed by atoms with E-state index >= 15 is 0 Å². The molecule has 0 spiro atoms. The van der Waals surface area contributed by atoms with Crippen molar-refractivity contribution in [1.29, 1.82) is 0 Å². The number of ether oxygens (including phenoxy) is 1. The SMILES string of the molecule is Cn1nc2c(c1-c1cc(F)c(F)c(F)c1)CCN(C(=O)c1cnc3c(c1)CCCO3)C2. The maximum atomic E-state index is 13.8. The summed E-state index contributed by atoms with van der Waals surface area (Å²) < 4.78 is 47.9.